The average molecular weight is 710 g/mol. The van der Waals surface area contributed by atoms with Crippen LogP contribution in [0, 0.1) is 17.3 Å². The minimum atomic E-state index is -3.88. The van der Waals surface area contributed by atoms with Crippen LogP contribution >= 0.6 is 0 Å². The second-order valence-electron chi connectivity index (χ2n) is 15.2. The molecule has 1 saturated heterocycles. The summed E-state index contributed by atoms with van der Waals surface area (Å²) in [6, 6.07) is 5.25. The first-order chi connectivity index (χ1) is 23.7. The molecule has 50 heavy (non-hydrogen) atoms. The average Bonchev–Trinajstić information content (AvgIpc) is 3.94. The molecule has 270 valence electrons. The van der Waals surface area contributed by atoms with Crippen LogP contribution in [0.5, 0.6) is 11.6 Å². The quantitative estimate of drug-likeness (QED) is 0.280. The maximum absolute atomic E-state index is 14.5. The van der Waals surface area contributed by atoms with Crippen LogP contribution in [-0.2, 0) is 29.2 Å². The smallest absolute Gasteiger partial charge is 0.259 e. The van der Waals surface area contributed by atoms with Crippen molar-refractivity contribution < 1.29 is 37.1 Å². The molecule has 2 aromatic rings. The number of nitrogens with one attached hydrogen (secondary N) is 3. The SMILES string of the molecule is C=C[C@@H]1C[C@]1(NC(=O)[C@@H]1C[C@@H](Oc2nccc3cc(OC)ccc23)CN1C(=O)[C@@H](NC(=O)C1CCCC1)C(C)(C)C)C(=O)NS(=O)(=O)C1CC1. The van der Waals surface area contributed by atoms with Gasteiger partial charge in [-0.05, 0) is 67.2 Å². The van der Waals surface area contributed by atoms with Gasteiger partial charge in [0.15, 0.2) is 0 Å². The fourth-order valence-corrected chi connectivity index (χ4v) is 8.53. The number of benzene rings is 1. The Morgan fingerprint density at radius 3 is 2.42 bits per heavy atom. The Labute approximate surface area is 293 Å². The summed E-state index contributed by atoms with van der Waals surface area (Å²) >= 11 is 0. The van der Waals surface area contributed by atoms with Crippen molar-refractivity contribution in [1.82, 2.24) is 25.2 Å². The fourth-order valence-electron chi connectivity index (χ4n) is 7.16. The zero-order chi connectivity index (χ0) is 36.0. The van der Waals surface area contributed by atoms with Gasteiger partial charge in [-0.15, -0.1) is 6.58 Å². The molecule has 3 N–H and O–H groups in total. The number of pyridine rings is 1. The highest BCUT2D eigenvalue weighted by atomic mass is 32.2. The number of carbonyl (C=O) groups excluding carboxylic acids is 4. The van der Waals surface area contributed by atoms with Crippen molar-refractivity contribution in [3.05, 3.63) is 43.1 Å². The Bertz CT molecular complexity index is 1800. The number of sulfonamides is 1. The summed E-state index contributed by atoms with van der Waals surface area (Å²) in [6.07, 6.45) is 7.06. The lowest BCUT2D eigenvalue weighted by atomic mass is 9.85. The monoisotopic (exact) mass is 709 g/mol. The highest BCUT2D eigenvalue weighted by Gasteiger charge is 2.62. The normalized spacial score (nSPS) is 25.8. The molecule has 0 spiro atoms. The molecule has 0 unspecified atom stereocenters. The molecule has 4 fully saturated rings. The van der Waals surface area contributed by atoms with E-state index in [0.717, 1.165) is 36.5 Å². The lowest BCUT2D eigenvalue weighted by Crippen LogP contribution is -2.60. The van der Waals surface area contributed by atoms with E-state index in [9.17, 15) is 27.6 Å². The Morgan fingerprint density at radius 1 is 1.08 bits per heavy atom. The van der Waals surface area contributed by atoms with Gasteiger partial charge in [0.2, 0.25) is 33.6 Å². The van der Waals surface area contributed by atoms with Crippen molar-refractivity contribution in [1.29, 1.82) is 0 Å². The van der Waals surface area contributed by atoms with Crippen LogP contribution in [0.1, 0.15) is 72.1 Å². The first-order valence-electron chi connectivity index (χ1n) is 17.4. The van der Waals surface area contributed by atoms with Gasteiger partial charge in [0.05, 0.1) is 18.9 Å². The number of carbonyl (C=O) groups is 4. The van der Waals surface area contributed by atoms with E-state index >= 15 is 0 Å². The lowest BCUT2D eigenvalue weighted by Gasteiger charge is -2.36. The van der Waals surface area contributed by atoms with Crippen molar-refractivity contribution in [2.75, 3.05) is 13.7 Å². The lowest BCUT2D eigenvalue weighted by molar-refractivity contribution is -0.145. The molecule has 1 aliphatic heterocycles. The Balaban J connectivity index is 1.28. The second-order valence-corrected chi connectivity index (χ2v) is 17.1. The summed E-state index contributed by atoms with van der Waals surface area (Å²) in [5.41, 5.74) is -2.23. The number of hydrogen-bond acceptors (Lipinski definition) is 9. The molecule has 4 amide bonds. The number of ether oxygens (including phenoxy) is 2. The van der Waals surface area contributed by atoms with E-state index in [2.05, 4.69) is 26.9 Å². The van der Waals surface area contributed by atoms with E-state index in [0.29, 0.717) is 24.5 Å². The molecule has 3 saturated carbocycles. The molecule has 1 aromatic heterocycles. The number of methoxy groups -OCH3 is 1. The topological polar surface area (TPSA) is 173 Å². The summed E-state index contributed by atoms with van der Waals surface area (Å²) in [5.74, 6) is -1.76. The van der Waals surface area contributed by atoms with E-state index in [1.807, 2.05) is 39.0 Å². The van der Waals surface area contributed by atoms with Crippen LogP contribution in [0.15, 0.2) is 43.1 Å². The Kier molecular flexibility index (Phi) is 9.61. The van der Waals surface area contributed by atoms with Gasteiger partial charge in [0, 0.05) is 29.8 Å². The number of fused-ring (bicyclic) bond motifs is 1. The molecular formula is C36H47N5O8S. The zero-order valence-electron chi connectivity index (χ0n) is 29.1. The predicted molar refractivity (Wildman–Crippen MR) is 185 cm³/mol. The highest BCUT2D eigenvalue weighted by molar-refractivity contribution is 7.91. The van der Waals surface area contributed by atoms with Gasteiger partial charge in [-0.25, -0.2) is 13.4 Å². The molecule has 14 heteroatoms. The molecule has 2 heterocycles. The molecule has 5 atom stereocenters. The number of nitrogens with zero attached hydrogens (tertiary/aromatic N) is 2. The molecule has 6 rings (SSSR count). The van der Waals surface area contributed by atoms with Crippen molar-refractivity contribution in [2.45, 2.75) is 101 Å². The number of amides is 4. The van der Waals surface area contributed by atoms with Gasteiger partial charge in [-0.3, -0.25) is 23.9 Å². The van der Waals surface area contributed by atoms with Gasteiger partial charge in [-0.2, -0.15) is 0 Å². The van der Waals surface area contributed by atoms with Crippen LogP contribution in [-0.4, -0.2) is 84.6 Å². The summed E-state index contributed by atoms with van der Waals surface area (Å²) in [5, 5.41) is 6.73. The summed E-state index contributed by atoms with van der Waals surface area (Å²) in [4.78, 5) is 61.4. The van der Waals surface area contributed by atoms with Crippen LogP contribution in [0.25, 0.3) is 10.8 Å². The van der Waals surface area contributed by atoms with Gasteiger partial charge in [0.25, 0.3) is 5.91 Å². The molecule has 3 aliphatic carbocycles. The van der Waals surface area contributed by atoms with E-state index in [1.54, 1.807) is 19.4 Å². The first-order valence-corrected chi connectivity index (χ1v) is 18.9. The van der Waals surface area contributed by atoms with Crippen molar-refractivity contribution in [3.8, 4) is 11.6 Å². The van der Waals surface area contributed by atoms with Crippen molar-refractivity contribution in [3.63, 3.8) is 0 Å². The Hall–Kier alpha value is -4.20. The maximum Gasteiger partial charge on any atom is 0.259 e. The first kappa shape index (κ1) is 35.6. The van der Waals surface area contributed by atoms with Crippen LogP contribution in [0.2, 0.25) is 0 Å². The highest BCUT2D eigenvalue weighted by Crippen LogP contribution is 2.45. The third kappa shape index (κ3) is 7.17. The number of rotatable bonds is 12. The summed E-state index contributed by atoms with van der Waals surface area (Å²) in [6.45, 7) is 9.36. The standard InChI is InChI=1S/C36H47N5O8S/c1-6-23-19-36(23,34(45)40-50(46,47)26-12-13-26)39-31(43)28-18-25(49-32-27-14-11-24(48-5)17-22(27)15-16-37-32)20-41(28)33(44)29(35(2,3)4)38-30(42)21-9-7-8-10-21/h6,11,14-17,21,23,25-26,28-29H,1,7-10,12-13,18-20H2,2-5H3,(H,38,42)(H,39,43)(H,40,45)/t23-,25-,28+,29-,36-/m1/s1. The molecule has 0 bridgehead atoms. The molecule has 13 nitrogen and oxygen atoms in total. The third-order valence-corrected chi connectivity index (χ3v) is 12.3. The minimum absolute atomic E-state index is 0.0111. The number of likely N-dealkylation sites (tertiary alicyclic amines) is 1. The third-order valence-electron chi connectivity index (χ3n) is 10.4. The van der Waals surface area contributed by atoms with Gasteiger partial charge in [0.1, 0.15) is 29.5 Å². The van der Waals surface area contributed by atoms with Gasteiger partial charge >= 0.3 is 0 Å². The van der Waals surface area contributed by atoms with E-state index in [-0.39, 0.29) is 31.2 Å². The van der Waals surface area contributed by atoms with Crippen LogP contribution in [0.4, 0.5) is 0 Å². The zero-order valence-corrected chi connectivity index (χ0v) is 29.9. The summed E-state index contributed by atoms with van der Waals surface area (Å²) in [7, 11) is -2.30. The van der Waals surface area contributed by atoms with E-state index in [1.165, 1.54) is 11.0 Å². The second kappa shape index (κ2) is 13.5. The van der Waals surface area contributed by atoms with E-state index < -0.39 is 68.1 Å². The molecule has 4 aliphatic rings. The Morgan fingerprint density at radius 2 is 1.80 bits per heavy atom. The molecular weight excluding hydrogens is 662 g/mol. The largest absolute Gasteiger partial charge is 0.497 e. The number of hydrogen-bond donors (Lipinski definition) is 3. The van der Waals surface area contributed by atoms with Gasteiger partial charge in [-0.1, -0.05) is 39.7 Å². The maximum atomic E-state index is 14.5. The van der Waals surface area contributed by atoms with Crippen molar-refractivity contribution in [2.24, 2.45) is 17.3 Å². The predicted octanol–water partition coefficient (Wildman–Crippen LogP) is 2.98. The fraction of sp³-hybridized carbons (Fsp3) is 0.583. The molecule has 0 radical (unpaired) electrons. The number of aromatic nitrogens is 1. The van der Waals surface area contributed by atoms with Crippen molar-refractivity contribution >= 4 is 44.4 Å². The minimum Gasteiger partial charge on any atom is -0.497 e. The van der Waals surface area contributed by atoms with Crippen LogP contribution < -0.4 is 24.8 Å². The van der Waals surface area contributed by atoms with Crippen LogP contribution in [0.3, 0.4) is 0 Å². The summed E-state index contributed by atoms with van der Waals surface area (Å²) < 4.78 is 39.3. The van der Waals surface area contributed by atoms with E-state index in [4.69, 9.17) is 9.47 Å². The van der Waals surface area contributed by atoms with Gasteiger partial charge < -0.3 is 25.0 Å². The molecule has 1 aromatic carbocycles.